The highest BCUT2D eigenvalue weighted by atomic mass is 19.2. The van der Waals surface area contributed by atoms with Crippen molar-refractivity contribution >= 4 is 17.2 Å². The van der Waals surface area contributed by atoms with Crippen LogP contribution < -0.4 is 0 Å². The summed E-state index contributed by atoms with van der Waals surface area (Å²) in [5, 5.41) is 5.13. The Morgan fingerprint density at radius 3 is 1.28 bits per heavy atom. The van der Waals surface area contributed by atoms with E-state index >= 15 is 0 Å². The number of carbonyl (C=O) groups is 1. The molecule has 0 aliphatic carbocycles. The van der Waals surface area contributed by atoms with E-state index in [1.165, 1.54) is 11.9 Å². The number of Topliss-reactive ketones (excluding diaryl/α,β-unsaturated/α-hetero) is 1. The Balaban J connectivity index is 1.97. The topological polar surface area (TPSA) is 118 Å². The molecule has 2 aromatic rings. The standard InChI is InChI=1S/C20H13F8N7O/c1-35-4-6(2-8-10(21)14(25)18(31-33-29)15(26)11(8)22)20(36)7(5-35)3-9-12(23)16(27)19(32-34-30)17(28)13(9)24/h6-7H,2-5H2,1H3. The number of nitrogens with zero attached hydrogens (tertiary/aromatic N) is 7. The van der Waals surface area contributed by atoms with Crippen molar-refractivity contribution in [3.63, 3.8) is 0 Å². The highest BCUT2D eigenvalue weighted by Gasteiger charge is 2.38. The molecule has 1 saturated heterocycles. The molecule has 0 amide bonds. The van der Waals surface area contributed by atoms with Crippen LogP contribution >= 0.6 is 0 Å². The second kappa shape index (κ2) is 10.4. The van der Waals surface area contributed by atoms with E-state index in [1.807, 2.05) is 0 Å². The number of hydrogen-bond acceptors (Lipinski definition) is 4. The van der Waals surface area contributed by atoms with Crippen molar-refractivity contribution in [2.75, 3.05) is 20.1 Å². The summed E-state index contributed by atoms with van der Waals surface area (Å²) < 4.78 is 114. The van der Waals surface area contributed by atoms with Gasteiger partial charge in [-0.25, -0.2) is 35.1 Å². The molecule has 0 saturated carbocycles. The van der Waals surface area contributed by atoms with E-state index in [0.717, 1.165) is 0 Å². The minimum atomic E-state index is -1.98. The smallest absolute Gasteiger partial charge is 0.171 e. The molecular formula is C20H13F8N7O. The second-order valence-electron chi connectivity index (χ2n) is 7.97. The molecule has 8 nitrogen and oxygen atoms in total. The SMILES string of the molecule is CN1CC(Cc2c(F)c(F)c(N=[N+]=[N-])c(F)c2F)C(=O)C(Cc2c(F)c(F)c(N=[N+]=[N-])c(F)c2F)C1. The van der Waals surface area contributed by atoms with Crippen LogP contribution in [-0.4, -0.2) is 30.8 Å². The Labute approximate surface area is 196 Å². The molecular weight excluding hydrogens is 506 g/mol. The molecule has 1 aliphatic heterocycles. The Hall–Kier alpha value is -3.87. The van der Waals surface area contributed by atoms with Crippen LogP contribution in [0.3, 0.4) is 0 Å². The van der Waals surface area contributed by atoms with Crippen LogP contribution in [0.2, 0.25) is 0 Å². The molecule has 0 bridgehead atoms. The van der Waals surface area contributed by atoms with Crippen LogP contribution in [0.1, 0.15) is 11.1 Å². The molecule has 190 valence electrons. The van der Waals surface area contributed by atoms with Gasteiger partial charge in [-0.2, -0.15) is 0 Å². The van der Waals surface area contributed by atoms with Gasteiger partial charge in [0.15, 0.2) is 46.5 Å². The fourth-order valence-corrected chi connectivity index (χ4v) is 4.12. The van der Waals surface area contributed by atoms with E-state index in [0.29, 0.717) is 0 Å². The summed E-state index contributed by atoms with van der Waals surface area (Å²) in [5.74, 6) is -19.0. The fourth-order valence-electron chi connectivity index (χ4n) is 4.12. The molecule has 2 atom stereocenters. The molecule has 1 heterocycles. The lowest BCUT2D eigenvalue weighted by atomic mass is 9.80. The van der Waals surface area contributed by atoms with Crippen LogP contribution in [0.25, 0.3) is 20.9 Å². The number of ketones is 1. The van der Waals surface area contributed by atoms with Gasteiger partial charge in [-0.3, -0.25) is 4.79 Å². The van der Waals surface area contributed by atoms with Gasteiger partial charge in [0, 0.05) is 45.9 Å². The van der Waals surface area contributed by atoms with Crippen molar-refractivity contribution in [2.45, 2.75) is 12.8 Å². The lowest BCUT2D eigenvalue weighted by Gasteiger charge is -2.35. The highest BCUT2D eigenvalue weighted by molar-refractivity contribution is 5.85. The van der Waals surface area contributed by atoms with Gasteiger partial charge in [-0.1, -0.05) is 10.2 Å². The molecule has 16 heteroatoms. The average molecular weight is 519 g/mol. The lowest BCUT2D eigenvalue weighted by molar-refractivity contribution is -0.131. The number of halogens is 8. The zero-order chi connectivity index (χ0) is 26.9. The highest BCUT2D eigenvalue weighted by Crippen LogP contribution is 2.35. The molecule has 2 aromatic carbocycles. The van der Waals surface area contributed by atoms with Crippen molar-refractivity contribution in [1.29, 1.82) is 0 Å². The molecule has 1 aliphatic rings. The minimum absolute atomic E-state index is 0.181. The first kappa shape index (κ1) is 26.7. The molecule has 0 aromatic heterocycles. The maximum Gasteiger partial charge on any atom is 0.171 e. The zero-order valence-electron chi connectivity index (χ0n) is 18.0. The quantitative estimate of drug-likeness (QED) is 0.148. The van der Waals surface area contributed by atoms with Gasteiger partial charge >= 0.3 is 0 Å². The van der Waals surface area contributed by atoms with Gasteiger partial charge in [0.2, 0.25) is 0 Å². The summed E-state index contributed by atoms with van der Waals surface area (Å²) in [6, 6.07) is 0. The molecule has 36 heavy (non-hydrogen) atoms. The Bertz CT molecular complexity index is 1200. The van der Waals surface area contributed by atoms with Gasteiger partial charge in [-0.15, -0.1) is 0 Å². The van der Waals surface area contributed by atoms with Crippen LogP contribution in [-0.2, 0) is 17.6 Å². The van der Waals surface area contributed by atoms with Crippen LogP contribution in [0, 0.1) is 58.4 Å². The average Bonchev–Trinajstić information content (AvgIpc) is 2.84. The Morgan fingerprint density at radius 2 is 1.00 bits per heavy atom. The minimum Gasteiger partial charge on any atom is -0.305 e. The Morgan fingerprint density at radius 1 is 0.694 bits per heavy atom. The largest absolute Gasteiger partial charge is 0.305 e. The molecule has 0 spiro atoms. The first-order chi connectivity index (χ1) is 16.9. The summed E-state index contributed by atoms with van der Waals surface area (Å²) in [7, 11) is 1.42. The van der Waals surface area contributed by atoms with Gasteiger partial charge in [0.1, 0.15) is 17.2 Å². The number of piperidine rings is 1. The number of carbonyl (C=O) groups excluding carboxylic acids is 1. The summed E-state index contributed by atoms with van der Waals surface area (Å²) in [5.41, 5.74) is 11.2. The van der Waals surface area contributed by atoms with Gasteiger partial charge < -0.3 is 4.90 Å². The summed E-state index contributed by atoms with van der Waals surface area (Å²) >= 11 is 0. The third-order valence-electron chi connectivity index (χ3n) is 5.72. The number of rotatable bonds is 6. The number of likely N-dealkylation sites (tertiary alicyclic amines) is 1. The van der Waals surface area contributed by atoms with E-state index in [-0.39, 0.29) is 13.1 Å². The predicted molar refractivity (Wildman–Crippen MR) is 107 cm³/mol. The third-order valence-corrected chi connectivity index (χ3v) is 5.72. The van der Waals surface area contributed by atoms with Crippen LogP contribution in [0.4, 0.5) is 46.5 Å². The maximum atomic E-state index is 14.4. The molecule has 1 fully saturated rings. The first-order valence-corrected chi connectivity index (χ1v) is 9.96. The van der Waals surface area contributed by atoms with E-state index < -0.39 is 99.5 Å². The summed E-state index contributed by atoms with van der Waals surface area (Å²) in [4.78, 5) is 18.6. The van der Waals surface area contributed by atoms with E-state index in [2.05, 4.69) is 20.1 Å². The van der Waals surface area contributed by atoms with Gasteiger partial charge in [-0.05, 0) is 31.0 Å². The molecule has 0 N–H and O–H groups in total. The van der Waals surface area contributed by atoms with Gasteiger partial charge in [0.05, 0.1) is 0 Å². The van der Waals surface area contributed by atoms with E-state index in [1.54, 1.807) is 0 Å². The van der Waals surface area contributed by atoms with Crippen molar-refractivity contribution < 1.29 is 39.9 Å². The van der Waals surface area contributed by atoms with Crippen molar-refractivity contribution in [2.24, 2.45) is 22.1 Å². The second-order valence-corrected chi connectivity index (χ2v) is 7.97. The number of hydrogen-bond donors (Lipinski definition) is 0. The molecule has 3 rings (SSSR count). The maximum absolute atomic E-state index is 14.4. The zero-order valence-corrected chi connectivity index (χ0v) is 18.0. The summed E-state index contributed by atoms with van der Waals surface area (Å²) in [6.45, 7) is -0.363. The Kier molecular flexibility index (Phi) is 7.72. The predicted octanol–water partition coefficient (Wildman–Crippen LogP) is 6.22. The van der Waals surface area contributed by atoms with Crippen LogP contribution in [0.5, 0.6) is 0 Å². The van der Waals surface area contributed by atoms with Crippen molar-refractivity contribution in [3.8, 4) is 0 Å². The van der Waals surface area contributed by atoms with Gasteiger partial charge in [0.25, 0.3) is 0 Å². The van der Waals surface area contributed by atoms with Crippen molar-refractivity contribution in [1.82, 2.24) is 4.90 Å². The summed E-state index contributed by atoms with van der Waals surface area (Å²) in [6.07, 6.45) is -1.77. The molecule has 2 unspecified atom stereocenters. The number of azide groups is 2. The van der Waals surface area contributed by atoms with E-state index in [9.17, 15) is 39.9 Å². The normalized spacial score (nSPS) is 18.1. The lowest BCUT2D eigenvalue weighted by Crippen LogP contribution is -2.47. The third kappa shape index (κ3) is 4.65. The monoisotopic (exact) mass is 519 g/mol. The molecule has 0 radical (unpaired) electrons. The fraction of sp³-hybridized carbons (Fsp3) is 0.350. The number of benzene rings is 2. The first-order valence-electron chi connectivity index (χ1n) is 9.96. The van der Waals surface area contributed by atoms with E-state index in [4.69, 9.17) is 11.1 Å². The van der Waals surface area contributed by atoms with Crippen molar-refractivity contribution in [3.05, 3.63) is 78.6 Å². The van der Waals surface area contributed by atoms with Crippen LogP contribution in [0.15, 0.2) is 10.2 Å².